The topological polar surface area (TPSA) is 84.0 Å². The van der Waals surface area contributed by atoms with E-state index < -0.39 is 10.0 Å². The Morgan fingerprint density at radius 1 is 1.08 bits per heavy atom. The van der Waals surface area contributed by atoms with Crippen molar-refractivity contribution < 1.29 is 22.7 Å². The average Bonchev–Trinajstić information content (AvgIpc) is 2.59. The number of amides is 1. The van der Waals surface area contributed by atoms with Gasteiger partial charge in [0.25, 0.3) is 0 Å². The summed E-state index contributed by atoms with van der Waals surface area (Å²) in [4.78, 5) is 26.1. The Hall–Kier alpha value is -1.15. The first-order valence-corrected chi connectivity index (χ1v) is 11.1. The summed E-state index contributed by atoms with van der Waals surface area (Å²) in [7, 11) is -3.42. The number of nitrogens with zero attached hydrogens (tertiary/aromatic N) is 2. The van der Waals surface area contributed by atoms with Crippen LogP contribution in [0.3, 0.4) is 0 Å². The summed E-state index contributed by atoms with van der Waals surface area (Å²) in [5.74, 6) is -0.527. The number of carbonyl (C=O) groups excluding carboxylic acids is 2. The highest BCUT2D eigenvalue weighted by molar-refractivity contribution is 7.88. The average molecular weight is 375 g/mol. The Bertz CT molecular complexity index is 564. The third-order valence-electron chi connectivity index (χ3n) is 5.17. The second kappa shape index (κ2) is 8.98. The third-order valence-corrected chi connectivity index (χ3v) is 6.45. The molecule has 1 heterocycles. The van der Waals surface area contributed by atoms with Gasteiger partial charge in [0.15, 0.2) is 0 Å². The fourth-order valence-electron chi connectivity index (χ4n) is 3.74. The lowest BCUT2D eigenvalue weighted by atomic mass is 9.95. The van der Waals surface area contributed by atoms with Gasteiger partial charge in [0.2, 0.25) is 15.9 Å². The Balaban J connectivity index is 1.92. The summed E-state index contributed by atoms with van der Waals surface area (Å²) in [5, 5.41) is 0. The minimum absolute atomic E-state index is 0.0650. The number of carbonyl (C=O) groups is 2. The van der Waals surface area contributed by atoms with Crippen molar-refractivity contribution in [2.45, 2.75) is 57.9 Å². The highest BCUT2D eigenvalue weighted by Crippen LogP contribution is 2.25. The highest BCUT2D eigenvalue weighted by Gasteiger charge is 2.33. The molecule has 2 aliphatic rings. The summed E-state index contributed by atoms with van der Waals surface area (Å²) in [6, 6.07) is -0.0650. The van der Waals surface area contributed by atoms with Crippen molar-refractivity contribution in [1.29, 1.82) is 0 Å². The molecule has 144 valence electrons. The van der Waals surface area contributed by atoms with Crippen molar-refractivity contribution in [3.8, 4) is 0 Å². The minimum atomic E-state index is -3.42. The lowest BCUT2D eigenvalue weighted by Gasteiger charge is -2.35. The maximum absolute atomic E-state index is 12.6. The lowest BCUT2D eigenvalue weighted by molar-refractivity contribution is -0.151. The van der Waals surface area contributed by atoms with E-state index in [1.54, 1.807) is 11.8 Å². The fourth-order valence-corrected chi connectivity index (χ4v) is 4.84. The van der Waals surface area contributed by atoms with Gasteiger partial charge in [-0.3, -0.25) is 9.59 Å². The van der Waals surface area contributed by atoms with Crippen LogP contribution in [0.25, 0.3) is 0 Å². The smallest absolute Gasteiger partial charge is 0.309 e. The van der Waals surface area contributed by atoms with Gasteiger partial charge >= 0.3 is 5.97 Å². The van der Waals surface area contributed by atoms with Crippen LogP contribution in [0.5, 0.6) is 0 Å². The normalized spacial score (nSPS) is 20.7. The van der Waals surface area contributed by atoms with Gasteiger partial charge < -0.3 is 9.64 Å². The molecule has 1 saturated heterocycles. The molecule has 0 radical (unpaired) electrons. The summed E-state index contributed by atoms with van der Waals surface area (Å²) in [5.41, 5.74) is 0. The molecule has 8 heteroatoms. The highest BCUT2D eigenvalue weighted by atomic mass is 32.2. The standard InChI is InChI=1S/C17H30N2O5S/c1-3-24-17(21)14-9-11-18(12-10-14)16(20)13-19(25(2,22)23)15-7-5-4-6-8-15/h14-15H,3-13H2,1-2H3. The first-order chi connectivity index (χ1) is 11.8. The molecule has 0 aromatic heterocycles. The molecule has 1 aliphatic heterocycles. The van der Waals surface area contributed by atoms with Gasteiger partial charge in [0.1, 0.15) is 0 Å². The van der Waals surface area contributed by atoms with Crippen LogP contribution in [0, 0.1) is 5.92 Å². The summed E-state index contributed by atoms with van der Waals surface area (Å²) in [6.07, 6.45) is 7.13. The maximum atomic E-state index is 12.6. The Morgan fingerprint density at radius 3 is 2.20 bits per heavy atom. The zero-order chi connectivity index (χ0) is 18.4. The number of ether oxygens (including phenoxy) is 1. The molecule has 2 rings (SSSR count). The van der Waals surface area contributed by atoms with Crippen LogP contribution in [0.1, 0.15) is 51.9 Å². The Kier molecular flexibility index (Phi) is 7.25. The molecule has 0 atom stereocenters. The van der Waals surface area contributed by atoms with Gasteiger partial charge in [0, 0.05) is 19.1 Å². The quantitative estimate of drug-likeness (QED) is 0.656. The van der Waals surface area contributed by atoms with Gasteiger partial charge in [-0.2, -0.15) is 4.31 Å². The van der Waals surface area contributed by atoms with Crippen LogP contribution in [0.2, 0.25) is 0 Å². The van der Waals surface area contributed by atoms with Crippen LogP contribution in [-0.4, -0.2) is 68.0 Å². The second-order valence-electron chi connectivity index (χ2n) is 7.01. The van der Waals surface area contributed by atoms with Gasteiger partial charge in [0.05, 0.1) is 25.3 Å². The molecular weight excluding hydrogens is 344 g/mol. The minimum Gasteiger partial charge on any atom is -0.466 e. The molecule has 7 nitrogen and oxygen atoms in total. The van der Waals surface area contributed by atoms with E-state index in [0.29, 0.717) is 32.5 Å². The van der Waals surface area contributed by atoms with Gasteiger partial charge in [-0.15, -0.1) is 0 Å². The number of sulfonamides is 1. The number of hydrogen-bond donors (Lipinski definition) is 0. The summed E-state index contributed by atoms with van der Waals surface area (Å²) < 4.78 is 30.7. The molecule has 0 aromatic carbocycles. The van der Waals surface area contributed by atoms with E-state index in [1.165, 1.54) is 10.6 Å². The molecule has 0 spiro atoms. The van der Waals surface area contributed by atoms with Crippen molar-refractivity contribution >= 4 is 21.9 Å². The first-order valence-electron chi connectivity index (χ1n) is 9.24. The maximum Gasteiger partial charge on any atom is 0.309 e. The molecule has 1 aliphatic carbocycles. The molecule has 1 saturated carbocycles. The fraction of sp³-hybridized carbons (Fsp3) is 0.882. The van der Waals surface area contributed by atoms with E-state index in [-0.39, 0.29) is 30.4 Å². The number of rotatable bonds is 6. The molecular formula is C17H30N2O5S. The van der Waals surface area contributed by atoms with Crippen molar-refractivity contribution in [2.75, 3.05) is 32.5 Å². The molecule has 0 unspecified atom stereocenters. The Morgan fingerprint density at radius 2 is 1.68 bits per heavy atom. The van der Waals surface area contributed by atoms with Crippen molar-refractivity contribution in [1.82, 2.24) is 9.21 Å². The van der Waals surface area contributed by atoms with Gasteiger partial charge in [-0.1, -0.05) is 19.3 Å². The van der Waals surface area contributed by atoms with E-state index in [4.69, 9.17) is 4.74 Å². The molecule has 0 aromatic rings. The van der Waals surface area contributed by atoms with Crippen LogP contribution in [0.4, 0.5) is 0 Å². The number of hydrogen-bond acceptors (Lipinski definition) is 5. The van der Waals surface area contributed by atoms with E-state index in [2.05, 4.69) is 0 Å². The van der Waals surface area contributed by atoms with Crippen molar-refractivity contribution in [2.24, 2.45) is 5.92 Å². The number of esters is 1. The zero-order valence-electron chi connectivity index (χ0n) is 15.3. The largest absolute Gasteiger partial charge is 0.466 e. The molecule has 0 bridgehead atoms. The molecule has 25 heavy (non-hydrogen) atoms. The summed E-state index contributed by atoms with van der Waals surface area (Å²) in [6.45, 7) is 3.01. The monoisotopic (exact) mass is 374 g/mol. The third kappa shape index (κ3) is 5.67. The molecule has 1 amide bonds. The van der Waals surface area contributed by atoms with Crippen molar-refractivity contribution in [3.05, 3.63) is 0 Å². The first kappa shape index (κ1) is 20.2. The number of piperidine rings is 1. The molecule has 0 N–H and O–H groups in total. The molecule has 2 fully saturated rings. The van der Waals surface area contributed by atoms with E-state index in [0.717, 1.165) is 32.1 Å². The van der Waals surface area contributed by atoms with Crippen LogP contribution in [0.15, 0.2) is 0 Å². The van der Waals surface area contributed by atoms with Gasteiger partial charge in [-0.05, 0) is 32.6 Å². The van der Waals surface area contributed by atoms with E-state index >= 15 is 0 Å². The number of likely N-dealkylation sites (tertiary alicyclic amines) is 1. The SMILES string of the molecule is CCOC(=O)C1CCN(C(=O)CN(C2CCCCC2)S(C)(=O)=O)CC1. The van der Waals surface area contributed by atoms with E-state index in [9.17, 15) is 18.0 Å². The lowest BCUT2D eigenvalue weighted by Crippen LogP contribution is -2.49. The second-order valence-corrected chi connectivity index (χ2v) is 8.94. The predicted octanol–water partition coefficient (Wildman–Crippen LogP) is 1.38. The Labute approximate surface area is 150 Å². The van der Waals surface area contributed by atoms with Crippen LogP contribution < -0.4 is 0 Å². The van der Waals surface area contributed by atoms with Gasteiger partial charge in [-0.25, -0.2) is 8.42 Å². The summed E-state index contributed by atoms with van der Waals surface area (Å²) >= 11 is 0. The predicted molar refractivity (Wildman–Crippen MR) is 94.4 cm³/mol. The van der Waals surface area contributed by atoms with Crippen molar-refractivity contribution in [3.63, 3.8) is 0 Å². The zero-order valence-corrected chi connectivity index (χ0v) is 16.1. The van der Waals surface area contributed by atoms with Crippen LogP contribution in [-0.2, 0) is 24.3 Å². The van der Waals surface area contributed by atoms with Crippen LogP contribution >= 0.6 is 0 Å². The van der Waals surface area contributed by atoms with E-state index in [1.807, 2.05) is 0 Å².